The van der Waals surface area contributed by atoms with Crippen molar-refractivity contribution in [2.45, 2.75) is 24.5 Å². The molecule has 0 aliphatic heterocycles. The highest BCUT2D eigenvalue weighted by Crippen LogP contribution is 2.38. The van der Waals surface area contributed by atoms with Crippen molar-refractivity contribution in [2.24, 2.45) is 0 Å². The average Bonchev–Trinajstić information content (AvgIpc) is 3.40. The molecule has 162 valence electrons. The van der Waals surface area contributed by atoms with Gasteiger partial charge >= 0.3 is 6.18 Å². The van der Waals surface area contributed by atoms with Gasteiger partial charge < -0.3 is 0 Å². The highest BCUT2D eigenvalue weighted by molar-refractivity contribution is 7.90. The van der Waals surface area contributed by atoms with Gasteiger partial charge in [0, 0.05) is 16.5 Å². The van der Waals surface area contributed by atoms with Crippen molar-refractivity contribution < 1.29 is 21.6 Å². The van der Waals surface area contributed by atoms with Crippen LogP contribution in [0.2, 0.25) is 0 Å². The van der Waals surface area contributed by atoms with E-state index in [1.165, 1.54) is 28.7 Å². The second kappa shape index (κ2) is 7.88. The number of halogens is 3. The van der Waals surface area contributed by atoms with E-state index in [0.717, 1.165) is 26.9 Å². The van der Waals surface area contributed by atoms with Crippen molar-refractivity contribution in [3.8, 4) is 21.0 Å². The molecule has 0 fully saturated rings. The maximum Gasteiger partial charge on any atom is 0.433 e. The standard InChI is InChI=1S/C20H16F3N3O2S3/c1-12-24-14(11-29-12)10-26-19(20(21,22)23)9-16(25-26)18-7-6-17(30-18)13-4-3-5-15(8-13)31(2,27)28/h3-9,11H,10H2,1-2H3. The van der Waals surface area contributed by atoms with Gasteiger partial charge in [-0.15, -0.1) is 22.7 Å². The smallest absolute Gasteiger partial charge is 0.254 e. The summed E-state index contributed by atoms with van der Waals surface area (Å²) in [6.45, 7) is 1.72. The summed E-state index contributed by atoms with van der Waals surface area (Å²) < 4.78 is 65.3. The molecule has 11 heteroatoms. The summed E-state index contributed by atoms with van der Waals surface area (Å²) >= 11 is 2.62. The van der Waals surface area contributed by atoms with Gasteiger partial charge in [-0.2, -0.15) is 18.3 Å². The maximum absolute atomic E-state index is 13.6. The van der Waals surface area contributed by atoms with Crippen molar-refractivity contribution >= 4 is 32.5 Å². The third kappa shape index (κ3) is 4.73. The fraction of sp³-hybridized carbons (Fsp3) is 0.200. The van der Waals surface area contributed by atoms with E-state index < -0.39 is 21.7 Å². The molecular weight excluding hydrogens is 467 g/mol. The molecule has 0 radical (unpaired) electrons. The molecule has 3 heterocycles. The molecule has 0 bridgehead atoms. The SMILES string of the molecule is Cc1nc(Cn2nc(-c3ccc(-c4cccc(S(C)(=O)=O)c4)s3)cc2C(F)(F)F)cs1. The first-order chi connectivity index (χ1) is 14.5. The number of alkyl halides is 3. The molecule has 0 saturated carbocycles. The molecule has 0 unspecified atom stereocenters. The predicted molar refractivity (Wildman–Crippen MR) is 115 cm³/mol. The van der Waals surface area contributed by atoms with Crippen LogP contribution in [0.4, 0.5) is 13.2 Å². The Morgan fingerprint density at radius 1 is 1.10 bits per heavy atom. The summed E-state index contributed by atoms with van der Waals surface area (Å²) in [5, 5.41) is 6.68. The molecular formula is C20H16F3N3O2S3. The lowest BCUT2D eigenvalue weighted by molar-refractivity contribution is -0.144. The molecule has 31 heavy (non-hydrogen) atoms. The topological polar surface area (TPSA) is 64.8 Å². The number of sulfone groups is 1. The predicted octanol–water partition coefficient (Wildman–Crippen LogP) is 5.51. The third-order valence-electron chi connectivity index (χ3n) is 4.45. The number of benzene rings is 1. The van der Waals surface area contributed by atoms with Gasteiger partial charge in [-0.25, -0.2) is 13.4 Å². The lowest BCUT2D eigenvalue weighted by atomic mass is 10.2. The minimum Gasteiger partial charge on any atom is -0.254 e. The van der Waals surface area contributed by atoms with Crippen LogP contribution in [-0.4, -0.2) is 29.4 Å². The van der Waals surface area contributed by atoms with Crippen LogP contribution in [0.3, 0.4) is 0 Å². The summed E-state index contributed by atoms with van der Waals surface area (Å²) in [6, 6.07) is 10.9. The van der Waals surface area contributed by atoms with Crippen LogP contribution in [0.1, 0.15) is 16.4 Å². The quantitative estimate of drug-likeness (QED) is 0.375. The van der Waals surface area contributed by atoms with Crippen LogP contribution in [-0.2, 0) is 22.6 Å². The first kappa shape index (κ1) is 21.7. The summed E-state index contributed by atoms with van der Waals surface area (Å²) in [7, 11) is -3.37. The largest absolute Gasteiger partial charge is 0.433 e. The van der Waals surface area contributed by atoms with Crippen LogP contribution < -0.4 is 0 Å². The van der Waals surface area contributed by atoms with Crippen LogP contribution in [0.5, 0.6) is 0 Å². The molecule has 5 nitrogen and oxygen atoms in total. The molecule has 0 spiro atoms. The maximum atomic E-state index is 13.6. The van der Waals surface area contributed by atoms with Crippen molar-refractivity contribution in [1.29, 1.82) is 0 Å². The van der Waals surface area contributed by atoms with Crippen molar-refractivity contribution in [3.63, 3.8) is 0 Å². The zero-order chi connectivity index (χ0) is 22.4. The minimum absolute atomic E-state index is 0.0756. The fourth-order valence-electron chi connectivity index (χ4n) is 3.03. The van der Waals surface area contributed by atoms with E-state index >= 15 is 0 Å². The fourth-order valence-corrected chi connectivity index (χ4v) is 5.26. The zero-order valence-corrected chi connectivity index (χ0v) is 18.8. The van der Waals surface area contributed by atoms with Gasteiger partial charge in [-0.3, -0.25) is 4.68 Å². The van der Waals surface area contributed by atoms with Crippen LogP contribution >= 0.6 is 22.7 Å². The normalized spacial score (nSPS) is 12.4. The van der Waals surface area contributed by atoms with Gasteiger partial charge in [0.15, 0.2) is 9.84 Å². The van der Waals surface area contributed by atoms with Crippen molar-refractivity contribution in [2.75, 3.05) is 6.26 Å². The molecule has 0 aliphatic rings. The Labute approximate surface area is 184 Å². The van der Waals surface area contributed by atoms with E-state index in [4.69, 9.17) is 0 Å². The van der Waals surface area contributed by atoms with Crippen LogP contribution in [0.15, 0.2) is 52.7 Å². The van der Waals surface area contributed by atoms with E-state index in [1.54, 1.807) is 42.6 Å². The van der Waals surface area contributed by atoms with Gasteiger partial charge in [-0.1, -0.05) is 12.1 Å². The molecule has 0 N–H and O–H groups in total. The summed E-state index contributed by atoms with van der Waals surface area (Å²) in [6.07, 6.45) is -3.43. The Kier molecular flexibility index (Phi) is 5.52. The Bertz CT molecular complexity index is 1350. The number of rotatable bonds is 5. The van der Waals surface area contributed by atoms with Crippen molar-refractivity contribution in [1.82, 2.24) is 14.8 Å². The molecule has 4 aromatic rings. The second-order valence-electron chi connectivity index (χ2n) is 6.89. The molecule has 0 saturated heterocycles. The molecule has 4 rings (SSSR count). The Hall–Kier alpha value is -2.50. The third-order valence-corrected chi connectivity index (χ3v) is 7.54. The monoisotopic (exact) mass is 483 g/mol. The average molecular weight is 484 g/mol. The Morgan fingerprint density at radius 3 is 2.48 bits per heavy atom. The molecule has 1 aromatic carbocycles. The highest BCUT2D eigenvalue weighted by Gasteiger charge is 2.36. The number of aromatic nitrogens is 3. The van der Waals surface area contributed by atoms with E-state index in [1.807, 2.05) is 0 Å². The Balaban J connectivity index is 1.70. The van der Waals surface area contributed by atoms with Gasteiger partial charge in [0.25, 0.3) is 0 Å². The zero-order valence-electron chi connectivity index (χ0n) is 16.3. The first-order valence-electron chi connectivity index (χ1n) is 8.97. The number of thiophene rings is 1. The van der Waals surface area contributed by atoms with Gasteiger partial charge in [0.05, 0.1) is 27.0 Å². The van der Waals surface area contributed by atoms with Gasteiger partial charge in [-0.05, 0) is 42.8 Å². The number of thiazole rings is 1. The molecule has 0 atom stereocenters. The van der Waals surface area contributed by atoms with Crippen LogP contribution in [0.25, 0.3) is 21.0 Å². The second-order valence-corrected chi connectivity index (χ2v) is 11.1. The lowest BCUT2D eigenvalue weighted by Gasteiger charge is -2.08. The number of aryl methyl sites for hydroxylation is 1. The molecule has 3 aromatic heterocycles. The molecule has 0 aliphatic carbocycles. The highest BCUT2D eigenvalue weighted by atomic mass is 32.2. The van der Waals surface area contributed by atoms with E-state index in [2.05, 4.69) is 10.1 Å². The van der Waals surface area contributed by atoms with E-state index in [9.17, 15) is 21.6 Å². The number of hydrogen-bond donors (Lipinski definition) is 0. The number of hydrogen-bond acceptors (Lipinski definition) is 6. The van der Waals surface area contributed by atoms with Crippen molar-refractivity contribution in [3.05, 3.63) is 64.2 Å². The summed E-state index contributed by atoms with van der Waals surface area (Å²) in [5.74, 6) is 0. The summed E-state index contributed by atoms with van der Waals surface area (Å²) in [4.78, 5) is 5.70. The van der Waals surface area contributed by atoms with E-state index in [0.29, 0.717) is 16.1 Å². The van der Waals surface area contributed by atoms with Crippen LogP contribution in [0, 0.1) is 6.92 Å². The minimum atomic E-state index is -4.56. The first-order valence-corrected chi connectivity index (χ1v) is 12.6. The number of nitrogens with zero attached hydrogens (tertiary/aromatic N) is 3. The van der Waals surface area contributed by atoms with Gasteiger partial charge in [0.1, 0.15) is 11.4 Å². The summed E-state index contributed by atoms with van der Waals surface area (Å²) in [5.41, 5.74) is 0.552. The lowest BCUT2D eigenvalue weighted by Crippen LogP contribution is -2.15. The van der Waals surface area contributed by atoms with Gasteiger partial charge in [0.2, 0.25) is 0 Å². The molecule has 0 amide bonds. The van der Waals surface area contributed by atoms with E-state index in [-0.39, 0.29) is 17.1 Å². The Morgan fingerprint density at radius 2 is 1.84 bits per heavy atom.